The van der Waals surface area contributed by atoms with Crippen LogP contribution in [0.2, 0.25) is 0 Å². The van der Waals surface area contributed by atoms with Gasteiger partial charge in [-0.3, -0.25) is 9.59 Å². The third kappa shape index (κ3) is 3.52. The molecule has 112 valence electrons. The van der Waals surface area contributed by atoms with Crippen LogP contribution >= 0.6 is 23.1 Å². The fourth-order valence-electron chi connectivity index (χ4n) is 1.80. The number of nitrogens with zero attached hydrogens (tertiary/aromatic N) is 2. The third-order valence-corrected chi connectivity index (χ3v) is 4.80. The van der Waals surface area contributed by atoms with Crippen molar-refractivity contribution in [3.8, 4) is 0 Å². The molecule has 1 saturated heterocycles. The van der Waals surface area contributed by atoms with E-state index in [0.717, 1.165) is 0 Å². The van der Waals surface area contributed by atoms with Crippen molar-refractivity contribution in [2.75, 3.05) is 0 Å². The fraction of sp³-hybridized carbons (Fsp3) is 0.143. The zero-order chi connectivity index (χ0) is 15.4. The molecule has 1 aliphatic heterocycles. The Balaban J connectivity index is 1.59. The van der Waals surface area contributed by atoms with Gasteiger partial charge >= 0.3 is 0 Å². The van der Waals surface area contributed by atoms with Crippen molar-refractivity contribution in [1.29, 1.82) is 0 Å². The van der Waals surface area contributed by atoms with Gasteiger partial charge < -0.3 is 9.73 Å². The van der Waals surface area contributed by atoms with Crippen LogP contribution < -0.4 is 5.32 Å². The molecule has 0 saturated carbocycles. The van der Waals surface area contributed by atoms with Crippen LogP contribution in [0, 0.1) is 0 Å². The fourth-order valence-corrected chi connectivity index (χ4v) is 3.40. The summed E-state index contributed by atoms with van der Waals surface area (Å²) >= 11 is 2.58. The minimum Gasteiger partial charge on any atom is -0.463 e. The molecular formula is C14H11N3O3S2. The SMILES string of the molecule is O=C(C[C@H]1S/C(=N/N=C\c2ccco2)NC1=O)c1cccs1. The molecule has 0 radical (unpaired) electrons. The monoisotopic (exact) mass is 333 g/mol. The Morgan fingerprint density at radius 1 is 1.41 bits per heavy atom. The van der Waals surface area contributed by atoms with E-state index in [4.69, 9.17) is 4.42 Å². The minimum absolute atomic E-state index is 0.0389. The van der Waals surface area contributed by atoms with Crippen LogP contribution in [0.3, 0.4) is 0 Å². The predicted octanol–water partition coefficient (Wildman–Crippen LogP) is 2.54. The molecular weight excluding hydrogens is 322 g/mol. The number of ketones is 1. The highest BCUT2D eigenvalue weighted by Gasteiger charge is 2.32. The molecule has 0 aliphatic carbocycles. The molecule has 8 heteroatoms. The minimum atomic E-state index is -0.466. The van der Waals surface area contributed by atoms with Gasteiger partial charge in [-0.05, 0) is 23.6 Å². The van der Waals surface area contributed by atoms with Crippen molar-refractivity contribution >= 4 is 46.2 Å². The number of carbonyl (C=O) groups excluding carboxylic acids is 2. The van der Waals surface area contributed by atoms with E-state index in [1.165, 1.54) is 35.6 Å². The topological polar surface area (TPSA) is 84.0 Å². The molecule has 0 spiro atoms. The second-order valence-electron chi connectivity index (χ2n) is 4.37. The smallest absolute Gasteiger partial charge is 0.240 e. The molecule has 1 amide bonds. The highest BCUT2D eigenvalue weighted by Crippen LogP contribution is 2.25. The van der Waals surface area contributed by atoms with Crippen LogP contribution in [0.1, 0.15) is 21.9 Å². The van der Waals surface area contributed by atoms with Crippen LogP contribution in [0.5, 0.6) is 0 Å². The number of amides is 1. The van der Waals surface area contributed by atoms with Crippen LogP contribution in [-0.4, -0.2) is 28.3 Å². The number of carbonyl (C=O) groups is 2. The summed E-state index contributed by atoms with van der Waals surface area (Å²) in [6.45, 7) is 0. The average Bonchev–Trinajstić information content (AvgIpc) is 3.22. The Morgan fingerprint density at radius 3 is 3.05 bits per heavy atom. The maximum absolute atomic E-state index is 12.0. The van der Waals surface area contributed by atoms with Crippen LogP contribution in [0.25, 0.3) is 0 Å². The van der Waals surface area contributed by atoms with E-state index in [1.807, 2.05) is 11.4 Å². The maximum atomic E-state index is 12.0. The Hall–Kier alpha value is -2.19. The number of Topliss-reactive ketones (excluding diaryl/α,β-unsaturated/α-hetero) is 1. The first-order valence-corrected chi connectivity index (χ1v) is 8.17. The first-order chi connectivity index (χ1) is 10.7. The molecule has 0 aromatic carbocycles. The summed E-state index contributed by atoms with van der Waals surface area (Å²) in [6, 6.07) is 7.06. The lowest BCUT2D eigenvalue weighted by molar-refractivity contribution is -0.118. The van der Waals surface area contributed by atoms with E-state index in [1.54, 1.807) is 18.2 Å². The standard InChI is InChI=1S/C14H11N3O3S2/c18-10(11-4-2-6-21-11)7-12-13(19)16-14(22-12)17-15-8-9-3-1-5-20-9/h1-6,8,12H,7H2,(H,16,17,19)/b15-8-/t12-/m1/s1. The molecule has 3 rings (SSSR count). The van der Waals surface area contributed by atoms with Gasteiger partial charge in [0.25, 0.3) is 0 Å². The summed E-state index contributed by atoms with van der Waals surface area (Å²) in [4.78, 5) is 24.5. The maximum Gasteiger partial charge on any atom is 0.240 e. The molecule has 2 aromatic rings. The Bertz CT molecular complexity index is 721. The molecule has 1 aliphatic rings. The number of thioether (sulfide) groups is 1. The lowest BCUT2D eigenvalue weighted by Gasteiger charge is -2.02. The van der Waals surface area contributed by atoms with E-state index in [9.17, 15) is 9.59 Å². The summed E-state index contributed by atoms with van der Waals surface area (Å²) < 4.78 is 5.08. The Morgan fingerprint density at radius 2 is 2.32 bits per heavy atom. The number of rotatable bonds is 5. The lowest BCUT2D eigenvalue weighted by atomic mass is 10.2. The molecule has 1 fully saturated rings. The van der Waals surface area contributed by atoms with E-state index in [0.29, 0.717) is 15.8 Å². The second kappa shape index (κ2) is 6.71. The number of hydrogen-bond donors (Lipinski definition) is 1. The predicted molar refractivity (Wildman–Crippen MR) is 86.5 cm³/mol. The number of thiophene rings is 1. The molecule has 6 nitrogen and oxygen atoms in total. The summed E-state index contributed by atoms with van der Waals surface area (Å²) in [5.41, 5.74) is 0. The van der Waals surface area contributed by atoms with Crippen LogP contribution in [0.15, 0.2) is 50.5 Å². The van der Waals surface area contributed by atoms with E-state index >= 15 is 0 Å². The van der Waals surface area contributed by atoms with Gasteiger partial charge in [-0.2, -0.15) is 5.10 Å². The third-order valence-electron chi connectivity index (χ3n) is 2.82. The molecule has 2 aromatic heterocycles. The zero-order valence-electron chi connectivity index (χ0n) is 11.3. The van der Waals surface area contributed by atoms with Crippen LogP contribution in [-0.2, 0) is 4.79 Å². The van der Waals surface area contributed by atoms with E-state index in [-0.39, 0.29) is 18.1 Å². The first-order valence-electron chi connectivity index (χ1n) is 6.41. The van der Waals surface area contributed by atoms with Crippen molar-refractivity contribution in [3.63, 3.8) is 0 Å². The molecule has 22 heavy (non-hydrogen) atoms. The van der Waals surface area contributed by atoms with Crippen LogP contribution in [0.4, 0.5) is 0 Å². The largest absolute Gasteiger partial charge is 0.463 e. The highest BCUT2D eigenvalue weighted by molar-refractivity contribution is 8.15. The van der Waals surface area contributed by atoms with Gasteiger partial charge in [0.1, 0.15) is 5.76 Å². The summed E-state index contributed by atoms with van der Waals surface area (Å²) in [5.74, 6) is 0.313. The Kier molecular flexibility index (Phi) is 4.50. The number of furan rings is 1. The number of amidine groups is 1. The summed E-state index contributed by atoms with van der Waals surface area (Å²) in [6.07, 6.45) is 3.13. The molecule has 1 N–H and O–H groups in total. The van der Waals surface area contributed by atoms with Crippen molar-refractivity contribution in [1.82, 2.24) is 5.32 Å². The molecule has 1 atom stereocenters. The van der Waals surface area contributed by atoms with Crippen molar-refractivity contribution in [2.24, 2.45) is 10.2 Å². The van der Waals surface area contributed by atoms with E-state index < -0.39 is 5.25 Å². The van der Waals surface area contributed by atoms with E-state index in [2.05, 4.69) is 15.5 Å². The van der Waals surface area contributed by atoms with Gasteiger partial charge in [-0.15, -0.1) is 16.4 Å². The van der Waals surface area contributed by atoms with Gasteiger partial charge in [0.05, 0.1) is 22.6 Å². The molecule has 3 heterocycles. The highest BCUT2D eigenvalue weighted by atomic mass is 32.2. The summed E-state index contributed by atoms with van der Waals surface area (Å²) in [7, 11) is 0. The van der Waals surface area contributed by atoms with Gasteiger partial charge in [-0.25, -0.2) is 0 Å². The number of hydrogen-bond acceptors (Lipinski definition) is 7. The second-order valence-corrected chi connectivity index (χ2v) is 6.50. The Labute approximate surface area is 134 Å². The van der Waals surface area contributed by atoms with Crippen molar-refractivity contribution in [2.45, 2.75) is 11.7 Å². The quantitative estimate of drug-likeness (QED) is 0.518. The van der Waals surface area contributed by atoms with Gasteiger partial charge in [0.2, 0.25) is 5.91 Å². The lowest BCUT2D eigenvalue weighted by Crippen LogP contribution is -2.26. The van der Waals surface area contributed by atoms with Crippen molar-refractivity contribution in [3.05, 3.63) is 46.5 Å². The zero-order valence-corrected chi connectivity index (χ0v) is 12.9. The first kappa shape index (κ1) is 14.7. The summed E-state index contributed by atoms with van der Waals surface area (Å²) in [5, 5.41) is 12.1. The average molecular weight is 333 g/mol. The molecule has 0 unspecified atom stereocenters. The molecule has 0 bridgehead atoms. The normalized spacial score (nSPS) is 19.9. The number of nitrogens with one attached hydrogen (secondary N) is 1. The van der Waals surface area contributed by atoms with Crippen molar-refractivity contribution < 1.29 is 14.0 Å². The van der Waals surface area contributed by atoms with Gasteiger partial charge in [0, 0.05) is 6.42 Å². The van der Waals surface area contributed by atoms with Gasteiger partial charge in [0.15, 0.2) is 11.0 Å². The van der Waals surface area contributed by atoms with Gasteiger partial charge in [-0.1, -0.05) is 17.8 Å².